The molecule has 112 valence electrons. The van der Waals surface area contributed by atoms with E-state index in [9.17, 15) is 12.8 Å². The van der Waals surface area contributed by atoms with Crippen LogP contribution in [0.1, 0.15) is 12.5 Å². The average Bonchev–Trinajstić information content (AvgIpc) is 2.32. The smallest absolute Gasteiger partial charge is 0.241 e. The molecule has 1 aromatic rings. The van der Waals surface area contributed by atoms with Gasteiger partial charge in [-0.25, -0.2) is 17.5 Å². The highest BCUT2D eigenvalue weighted by molar-refractivity contribution is 7.89. The van der Waals surface area contributed by atoms with Crippen LogP contribution >= 0.6 is 0 Å². The average molecular weight is 302 g/mol. The Hall–Kier alpha value is -1.44. The van der Waals surface area contributed by atoms with Gasteiger partial charge in [0.1, 0.15) is 5.82 Å². The fraction of sp³-hybridized carbons (Fsp3) is 0.385. The summed E-state index contributed by atoms with van der Waals surface area (Å²) >= 11 is 0. The third-order valence-corrected chi connectivity index (χ3v) is 4.08. The molecule has 0 saturated carbocycles. The summed E-state index contributed by atoms with van der Waals surface area (Å²) in [4.78, 5) is -0.157. The SMILES string of the molecule is C=C(C)COCCNS(=O)(=O)c1cc(N)cc(F)c1C. The van der Waals surface area contributed by atoms with Crippen LogP contribution in [-0.4, -0.2) is 28.2 Å². The van der Waals surface area contributed by atoms with Gasteiger partial charge >= 0.3 is 0 Å². The Labute approximate surface area is 118 Å². The zero-order valence-corrected chi connectivity index (χ0v) is 12.4. The maximum atomic E-state index is 13.5. The van der Waals surface area contributed by atoms with Gasteiger partial charge in [0.2, 0.25) is 10.0 Å². The van der Waals surface area contributed by atoms with Gasteiger partial charge in [-0.2, -0.15) is 0 Å². The van der Waals surface area contributed by atoms with Crippen molar-refractivity contribution in [3.05, 3.63) is 35.7 Å². The van der Waals surface area contributed by atoms with E-state index >= 15 is 0 Å². The number of hydrogen-bond acceptors (Lipinski definition) is 4. The molecule has 0 saturated heterocycles. The summed E-state index contributed by atoms with van der Waals surface area (Å²) in [6.45, 7) is 7.52. The first-order valence-corrected chi connectivity index (χ1v) is 7.50. The monoisotopic (exact) mass is 302 g/mol. The minimum atomic E-state index is -3.81. The van der Waals surface area contributed by atoms with Crippen molar-refractivity contribution >= 4 is 15.7 Å². The van der Waals surface area contributed by atoms with Crippen LogP contribution in [0.4, 0.5) is 10.1 Å². The molecular weight excluding hydrogens is 283 g/mol. The van der Waals surface area contributed by atoms with E-state index in [0.29, 0.717) is 6.61 Å². The summed E-state index contributed by atoms with van der Waals surface area (Å²) in [5, 5.41) is 0. The number of ether oxygens (including phenoxy) is 1. The highest BCUT2D eigenvalue weighted by atomic mass is 32.2. The van der Waals surface area contributed by atoms with E-state index < -0.39 is 15.8 Å². The van der Waals surface area contributed by atoms with Crippen molar-refractivity contribution in [3.8, 4) is 0 Å². The molecular formula is C13H19FN2O3S. The van der Waals surface area contributed by atoms with Gasteiger partial charge < -0.3 is 10.5 Å². The van der Waals surface area contributed by atoms with Gasteiger partial charge in [-0.1, -0.05) is 12.2 Å². The molecule has 7 heteroatoms. The van der Waals surface area contributed by atoms with Crippen molar-refractivity contribution in [2.45, 2.75) is 18.7 Å². The largest absolute Gasteiger partial charge is 0.399 e. The van der Waals surface area contributed by atoms with E-state index in [1.807, 2.05) is 6.92 Å². The number of anilines is 1. The molecule has 0 aliphatic heterocycles. The first kappa shape index (κ1) is 16.6. The van der Waals surface area contributed by atoms with Crippen LogP contribution in [0.2, 0.25) is 0 Å². The van der Waals surface area contributed by atoms with E-state index in [2.05, 4.69) is 11.3 Å². The third kappa shape index (κ3) is 4.59. The highest BCUT2D eigenvalue weighted by Crippen LogP contribution is 2.21. The van der Waals surface area contributed by atoms with Crippen LogP contribution < -0.4 is 10.5 Å². The first-order valence-electron chi connectivity index (χ1n) is 6.01. The van der Waals surface area contributed by atoms with Gasteiger partial charge in [0.05, 0.1) is 18.1 Å². The van der Waals surface area contributed by atoms with E-state index in [1.165, 1.54) is 13.0 Å². The second kappa shape index (κ2) is 6.83. The second-order valence-corrected chi connectivity index (χ2v) is 6.27. The minimum absolute atomic E-state index is 0.0366. The first-order chi connectivity index (χ1) is 9.24. The van der Waals surface area contributed by atoms with E-state index in [4.69, 9.17) is 10.5 Å². The summed E-state index contributed by atoms with van der Waals surface area (Å²) < 4.78 is 45.1. The lowest BCUT2D eigenvalue weighted by Gasteiger charge is -2.11. The molecule has 0 unspecified atom stereocenters. The molecule has 0 aliphatic carbocycles. The standard InChI is InChI=1S/C13H19FN2O3S/c1-9(2)8-19-5-4-16-20(17,18)13-7-11(15)6-12(14)10(13)3/h6-7,16H,1,4-5,8,15H2,2-3H3. The van der Waals surface area contributed by atoms with E-state index in [1.54, 1.807) is 0 Å². The Morgan fingerprint density at radius 2 is 2.15 bits per heavy atom. The Balaban J connectivity index is 2.72. The van der Waals surface area contributed by atoms with Crippen molar-refractivity contribution < 1.29 is 17.5 Å². The number of hydrogen-bond donors (Lipinski definition) is 2. The number of halogens is 1. The predicted molar refractivity (Wildman–Crippen MR) is 76.4 cm³/mol. The second-order valence-electron chi connectivity index (χ2n) is 4.53. The molecule has 0 fully saturated rings. The highest BCUT2D eigenvalue weighted by Gasteiger charge is 2.19. The van der Waals surface area contributed by atoms with Crippen LogP contribution in [0.3, 0.4) is 0 Å². The third-order valence-electron chi connectivity index (χ3n) is 2.50. The van der Waals surface area contributed by atoms with Crippen LogP contribution in [0.15, 0.2) is 29.2 Å². The topological polar surface area (TPSA) is 81.4 Å². The minimum Gasteiger partial charge on any atom is -0.399 e. The van der Waals surface area contributed by atoms with Gasteiger partial charge in [-0.05, 0) is 26.0 Å². The maximum absolute atomic E-state index is 13.5. The Morgan fingerprint density at radius 3 is 2.75 bits per heavy atom. The van der Waals surface area contributed by atoms with Crippen molar-refractivity contribution in [2.24, 2.45) is 0 Å². The van der Waals surface area contributed by atoms with Gasteiger partial charge in [0, 0.05) is 17.8 Å². The van der Waals surface area contributed by atoms with Crippen LogP contribution in [0.5, 0.6) is 0 Å². The fourth-order valence-corrected chi connectivity index (χ4v) is 2.82. The summed E-state index contributed by atoms with van der Waals surface area (Å²) in [6.07, 6.45) is 0. The van der Waals surface area contributed by atoms with Gasteiger partial charge in [-0.3, -0.25) is 0 Å². The predicted octanol–water partition coefficient (Wildman–Crippen LogP) is 1.59. The molecule has 0 radical (unpaired) electrons. The van der Waals surface area contributed by atoms with E-state index in [0.717, 1.165) is 11.6 Å². The quantitative estimate of drug-likeness (QED) is 0.455. The summed E-state index contributed by atoms with van der Waals surface area (Å²) in [5.74, 6) is -0.649. The van der Waals surface area contributed by atoms with Crippen molar-refractivity contribution in [3.63, 3.8) is 0 Å². The summed E-state index contributed by atoms with van der Waals surface area (Å²) in [7, 11) is -3.81. The fourth-order valence-electron chi connectivity index (χ4n) is 1.53. The van der Waals surface area contributed by atoms with Gasteiger partial charge in [-0.15, -0.1) is 0 Å². The van der Waals surface area contributed by atoms with Crippen LogP contribution in [0.25, 0.3) is 0 Å². The zero-order chi connectivity index (χ0) is 15.3. The number of nitrogens with two attached hydrogens (primary N) is 1. The lowest BCUT2D eigenvalue weighted by atomic mass is 10.2. The number of rotatable bonds is 7. The summed E-state index contributed by atoms with van der Waals surface area (Å²) in [5.41, 5.74) is 6.42. The Morgan fingerprint density at radius 1 is 1.50 bits per heavy atom. The van der Waals surface area contributed by atoms with Crippen LogP contribution in [0, 0.1) is 12.7 Å². The number of nitrogen functional groups attached to an aromatic ring is 1. The molecule has 0 spiro atoms. The lowest BCUT2D eigenvalue weighted by molar-refractivity contribution is 0.162. The molecule has 0 bridgehead atoms. The van der Waals surface area contributed by atoms with E-state index in [-0.39, 0.29) is 29.3 Å². The molecule has 0 atom stereocenters. The number of sulfonamides is 1. The molecule has 0 amide bonds. The summed E-state index contributed by atoms with van der Waals surface area (Å²) in [6, 6.07) is 2.32. The van der Waals surface area contributed by atoms with Crippen molar-refractivity contribution in [1.29, 1.82) is 0 Å². The molecule has 1 aromatic carbocycles. The molecule has 0 heterocycles. The molecule has 20 heavy (non-hydrogen) atoms. The van der Waals surface area contributed by atoms with Crippen molar-refractivity contribution in [2.75, 3.05) is 25.5 Å². The Bertz CT molecular complexity index is 600. The van der Waals surface area contributed by atoms with Gasteiger partial charge in [0.15, 0.2) is 0 Å². The number of nitrogens with one attached hydrogen (secondary N) is 1. The van der Waals surface area contributed by atoms with Crippen LogP contribution in [-0.2, 0) is 14.8 Å². The molecule has 1 rings (SSSR count). The Kier molecular flexibility index (Phi) is 5.67. The normalized spacial score (nSPS) is 11.6. The number of benzene rings is 1. The molecule has 5 nitrogen and oxygen atoms in total. The van der Waals surface area contributed by atoms with Gasteiger partial charge in [0.25, 0.3) is 0 Å². The molecule has 3 N–H and O–H groups in total. The zero-order valence-electron chi connectivity index (χ0n) is 11.6. The molecule has 0 aliphatic rings. The van der Waals surface area contributed by atoms with Crippen molar-refractivity contribution in [1.82, 2.24) is 4.72 Å². The lowest BCUT2D eigenvalue weighted by Crippen LogP contribution is -2.28. The maximum Gasteiger partial charge on any atom is 0.241 e. The molecule has 0 aromatic heterocycles.